The predicted molar refractivity (Wildman–Crippen MR) is 62.0 cm³/mol. The van der Waals surface area contributed by atoms with Gasteiger partial charge in [0, 0.05) is 12.0 Å². The van der Waals surface area contributed by atoms with E-state index >= 15 is 0 Å². The summed E-state index contributed by atoms with van der Waals surface area (Å²) in [7, 11) is 0. The Morgan fingerprint density at radius 1 is 1.40 bits per heavy atom. The minimum Gasteiger partial charge on any atom is -0.507 e. The summed E-state index contributed by atoms with van der Waals surface area (Å²) in [6.45, 7) is 4.56. The molecule has 1 heterocycles. The zero-order valence-corrected chi connectivity index (χ0v) is 8.99. The van der Waals surface area contributed by atoms with Crippen molar-refractivity contribution in [3.63, 3.8) is 0 Å². The summed E-state index contributed by atoms with van der Waals surface area (Å²) in [6.07, 6.45) is 0.843. The number of phenols is 1. The first kappa shape index (κ1) is 9.90. The topological polar surface area (TPSA) is 45.0 Å². The van der Waals surface area contributed by atoms with E-state index in [9.17, 15) is 5.11 Å². The van der Waals surface area contributed by atoms with Crippen LogP contribution in [-0.2, 0) is 0 Å². The van der Waals surface area contributed by atoms with Gasteiger partial charge in [-0.1, -0.05) is 13.0 Å². The summed E-state index contributed by atoms with van der Waals surface area (Å²) in [5.41, 5.74) is 2.71. The predicted octanol–water partition coefficient (Wildman–Crippen LogP) is 2.31. The quantitative estimate of drug-likeness (QED) is 0.785. The zero-order valence-electron chi connectivity index (χ0n) is 8.99. The van der Waals surface area contributed by atoms with Gasteiger partial charge in [-0.15, -0.1) is 0 Å². The third kappa shape index (κ3) is 1.91. The third-order valence-electron chi connectivity index (χ3n) is 2.46. The van der Waals surface area contributed by atoms with Gasteiger partial charge >= 0.3 is 0 Å². The molecule has 1 aliphatic rings. The Morgan fingerprint density at radius 2 is 2.20 bits per heavy atom. The van der Waals surface area contributed by atoms with E-state index in [1.54, 1.807) is 6.07 Å². The van der Waals surface area contributed by atoms with Crippen molar-refractivity contribution in [1.82, 2.24) is 0 Å². The second-order valence-corrected chi connectivity index (χ2v) is 3.67. The van der Waals surface area contributed by atoms with Gasteiger partial charge < -0.3 is 5.11 Å². The summed E-state index contributed by atoms with van der Waals surface area (Å²) in [4.78, 5) is 8.65. The molecule has 0 aromatic heterocycles. The molecular formula is C12H14N2O. The molecule has 1 aromatic rings. The van der Waals surface area contributed by atoms with Gasteiger partial charge in [-0.05, 0) is 24.6 Å². The van der Waals surface area contributed by atoms with Gasteiger partial charge in [0.1, 0.15) is 11.6 Å². The van der Waals surface area contributed by atoms with E-state index in [2.05, 4.69) is 9.98 Å². The number of hydrogen-bond donors (Lipinski definition) is 1. The van der Waals surface area contributed by atoms with Gasteiger partial charge in [-0.3, -0.25) is 4.99 Å². The fourth-order valence-corrected chi connectivity index (χ4v) is 1.61. The highest BCUT2D eigenvalue weighted by atomic mass is 16.3. The summed E-state index contributed by atoms with van der Waals surface area (Å²) in [6, 6.07) is 5.63. The minimum atomic E-state index is 0.293. The molecule has 2 rings (SSSR count). The normalized spacial score (nSPS) is 15.1. The molecule has 1 aliphatic heterocycles. The fourth-order valence-electron chi connectivity index (χ4n) is 1.61. The van der Waals surface area contributed by atoms with Crippen molar-refractivity contribution in [2.45, 2.75) is 20.3 Å². The van der Waals surface area contributed by atoms with Crippen LogP contribution in [-0.4, -0.2) is 23.2 Å². The number of benzene rings is 1. The van der Waals surface area contributed by atoms with E-state index in [0.29, 0.717) is 12.3 Å². The van der Waals surface area contributed by atoms with Crippen LogP contribution in [0.1, 0.15) is 24.5 Å². The first-order chi connectivity index (χ1) is 7.20. The SMILES string of the molecule is CCC1=NCC(c2ccc(C)cc2O)=N1. The maximum absolute atomic E-state index is 9.78. The lowest BCUT2D eigenvalue weighted by Gasteiger charge is -2.03. The lowest BCUT2D eigenvalue weighted by molar-refractivity contribution is 0.473. The molecule has 3 heteroatoms. The number of aliphatic imine (C=N–C) groups is 2. The smallest absolute Gasteiger partial charge is 0.124 e. The van der Waals surface area contributed by atoms with E-state index in [-0.39, 0.29) is 0 Å². The number of hydrogen-bond acceptors (Lipinski definition) is 3. The molecule has 0 saturated heterocycles. The van der Waals surface area contributed by atoms with Crippen LogP contribution in [0.15, 0.2) is 28.2 Å². The van der Waals surface area contributed by atoms with Crippen molar-refractivity contribution < 1.29 is 5.11 Å². The van der Waals surface area contributed by atoms with Crippen LogP contribution in [0.5, 0.6) is 5.75 Å². The molecule has 0 saturated carbocycles. The number of aromatic hydroxyl groups is 1. The van der Waals surface area contributed by atoms with Crippen molar-refractivity contribution in [3.8, 4) is 5.75 Å². The first-order valence-electron chi connectivity index (χ1n) is 5.11. The van der Waals surface area contributed by atoms with Crippen LogP contribution in [0.25, 0.3) is 0 Å². The van der Waals surface area contributed by atoms with Gasteiger partial charge in [0.25, 0.3) is 0 Å². The lowest BCUT2D eigenvalue weighted by atomic mass is 10.1. The van der Waals surface area contributed by atoms with Gasteiger partial charge in [0.2, 0.25) is 0 Å². The van der Waals surface area contributed by atoms with Crippen LogP contribution >= 0.6 is 0 Å². The Kier molecular flexibility index (Phi) is 2.54. The maximum Gasteiger partial charge on any atom is 0.124 e. The minimum absolute atomic E-state index is 0.293. The number of phenolic OH excluding ortho intramolecular Hbond substituents is 1. The van der Waals surface area contributed by atoms with Crippen molar-refractivity contribution >= 4 is 11.5 Å². The molecule has 0 radical (unpaired) electrons. The van der Waals surface area contributed by atoms with E-state index < -0.39 is 0 Å². The summed E-state index contributed by atoms with van der Waals surface area (Å²) < 4.78 is 0. The number of rotatable bonds is 2. The van der Waals surface area contributed by atoms with Gasteiger partial charge in [-0.2, -0.15) is 0 Å². The number of nitrogens with zero attached hydrogens (tertiary/aromatic N) is 2. The van der Waals surface area contributed by atoms with Crippen LogP contribution < -0.4 is 0 Å². The monoisotopic (exact) mass is 202 g/mol. The molecule has 15 heavy (non-hydrogen) atoms. The number of aryl methyl sites for hydroxylation is 1. The van der Waals surface area contributed by atoms with Gasteiger partial charge in [0.05, 0.1) is 12.3 Å². The molecule has 3 nitrogen and oxygen atoms in total. The molecule has 1 aromatic carbocycles. The average molecular weight is 202 g/mol. The first-order valence-corrected chi connectivity index (χ1v) is 5.11. The zero-order chi connectivity index (χ0) is 10.8. The summed E-state index contributed by atoms with van der Waals surface area (Å²) in [5, 5.41) is 9.78. The third-order valence-corrected chi connectivity index (χ3v) is 2.46. The Morgan fingerprint density at radius 3 is 2.80 bits per heavy atom. The lowest BCUT2D eigenvalue weighted by Crippen LogP contribution is -2.02. The molecule has 78 valence electrons. The molecule has 0 amide bonds. The number of amidine groups is 1. The van der Waals surface area contributed by atoms with Crippen molar-refractivity contribution in [2.75, 3.05) is 6.54 Å². The molecule has 0 atom stereocenters. The molecular weight excluding hydrogens is 188 g/mol. The van der Waals surface area contributed by atoms with E-state index in [1.165, 1.54) is 0 Å². The molecule has 0 unspecified atom stereocenters. The molecule has 0 fully saturated rings. The maximum atomic E-state index is 9.78. The van der Waals surface area contributed by atoms with E-state index in [0.717, 1.165) is 29.1 Å². The second-order valence-electron chi connectivity index (χ2n) is 3.67. The van der Waals surface area contributed by atoms with E-state index in [4.69, 9.17) is 0 Å². The standard InChI is InChI=1S/C12H14N2O/c1-3-12-13-7-10(14-12)9-5-4-8(2)6-11(9)15/h4-6,15H,3,7H2,1-2H3. The second kappa shape index (κ2) is 3.85. The van der Waals surface area contributed by atoms with Gasteiger partial charge in [0.15, 0.2) is 0 Å². The van der Waals surface area contributed by atoms with Crippen molar-refractivity contribution in [2.24, 2.45) is 9.98 Å². The Hall–Kier alpha value is -1.64. The molecule has 0 spiro atoms. The van der Waals surface area contributed by atoms with Gasteiger partial charge in [-0.25, -0.2) is 4.99 Å². The van der Waals surface area contributed by atoms with Crippen LogP contribution in [0.3, 0.4) is 0 Å². The molecule has 1 N–H and O–H groups in total. The highest BCUT2D eigenvalue weighted by molar-refractivity contribution is 6.13. The summed E-state index contributed by atoms with van der Waals surface area (Å²) in [5.74, 6) is 1.16. The highest BCUT2D eigenvalue weighted by Crippen LogP contribution is 2.21. The fraction of sp³-hybridized carbons (Fsp3) is 0.333. The van der Waals surface area contributed by atoms with Crippen LogP contribution in [0.2, 0.25) is 0 Å². The average Bonchev–Trinajstić information content (AvgIpc) is 2.66. The largest absolute Gasteiger partial charge is 0.507 e. The van der Waals surface area contributed by atoms with Crippen LogP contribution in [0.4, 0.5) is 0 Å². The van der Waals surface area contributed by atoms with Crippen molar-refractivity contribution in [3.05, 3.63) is 29.3 Å². The van der Waals surface area contributed by atoms with Crippen molar-refractivity contribution in [1.29, 1.82) is 0 Å². The van der Waals surface area contributed by atoms with Crippen LogP contribution in [0, 0.1) is 6.92 Å². The summed E-state index contributed by atoms with van der Waals surface area (Å²) >= 11 is 0. The molecule has 0 bridgehead atoms. The Balaban J connectivity index is 2.33. The molecule has 0 aliphatic carbocycles. The Labute approximate surface area is 89.2 Å². The highest BCUT2D eigenvalue weighted by Gasteiger charge is 2.13. The van der Waals surface area contributed by atoms with E-state index in [1.807, 2.05) is 26.0 Å². The Bertz CT molecular complexity index is 447.